The van der Waals surface area contributed by atoms with E-state index in [1.54, 1.807) is 56.1 Å². The van der Waals surface area contributed by atoms with E-state index in [0.717, 1.165) is 22.2 Å². The summed E-state index contributed by atoms with van der Waals surface area (Å²) in [6.45, 7) is 4.33. The molecule has 0 aromatic heterocycles. The molecule has 0 radical (unpaired) electrons. The van der Waals surface area contributed by atoms with Gasteiger partial charge in [-0.25, -0.2) is 0 Å². The third kappa shape index (κ3) is 3.75. The molecule has 1 aliphatic heterocycles. The Balaban J connectivity index is 1.81. The number of amides is 1. The highest BCUT2D eigenvalue weighted by Gasteiger charge is 2.24. The first-order chi connectivity index (χ1) is 12.5. The van der Waals surface area contributed by atoms with Gasteiger partial charge in [-0.3, -0.25) is 9.59 Å². The van der Waals surface area contributed by atoms with Crippen LogP contribution in [-0.2, 0) is 4.79 Å². The Hall–Kier alpha value is -2.73. The highest BCUT2D eigenvalue weighted by molar-refractivity contribution is 8.03. The van der Waals surface area contributed by atoms with E-state index in [-0.39, 0.29) is 11.7 Å². The largest absolute Gasteiger partial charge is 0.497 e. The molecule has 2 aromatic rings. The van der Waals surface area contributed by atoms with Gasteiger partial charge in [0, 0.05) is 28.8 Å². The zero-order valence-corrected chi connectivity index (χ0v) is 15.7. The number of anilines is 2. The number of thioether (sulfide) groups is 1. The van der Waals surface area contributed by atoms with Crippen LogP contribution in [0.1, 0.15) is 24.2 Å². The highest BCUT2D eigenvalue weighted by Crippen LogP contribution is 2.46. The van der Waals surface area contributed by atoms with Gasteiger partial charge in [-0.1, -0.05) is 11.8 Å². The molecular formula is C20H20N2O3S. The molecule has 1 heterocycles. The fourth-order valence-corrected chi connectivity index (χ4v) is 3.93. The second kappa shape index (κ2) is 7.66. The van der Waals surface area contributed by atoms with Gasteiger partial charge in [-0.15, -0.1) is 0 Å². The van der Waals surface area contributed by atoms with Crippen LogP contribution in [0.3, 0.4) is 0 Å². The number of hydrogen-bond donors (Lipinski definition) is 1. The van der Waals surface area contributed by atoms with Gasteiger partial charge in [0.15, 0.2) is 5.78 Å². The second-order valence-corrected chi connectivity index (χ2v) is 6.87. The standard InChI is InChI=1S/C20H20N2O3S/c1-4-22-17-12-15(7-10-18(17)26-19(22)11-13(2)23)21-20(24)14-5-8-16(25-3)9-6-14/h5-12H,4H2,1-3H3,(H,21,24)/b19-11-. The number of hydrogen-bond acceptors (Lipinski definition) is 5. The number of carbonyl (C=O) groups is 2. The lowest BCUT2D eigenvalue weighted by molar-refractivity contribution is -0.112. The third-order valence-electron chi connectivity index (χ3n) is 3.98. The number of allylic oxidation sites excluding steroid dienone is 1. The first-order valence-electron chi connectivity index (χ1n) is 8.29. The maximum absolute atomic E-state index is 12.4. The predicted octanol–water partition coefficient (Wildman–Crippen LogP) is 4.31. The van der Waals surface area contributed by atoms with Crippen molar-refractivity contribution in [1.29, 1.82) is 0 Å². The molecule has 2 aromatic carbocycles. The Morgan fingerprint density at radius 3 is 2.54 bits per heavy atom. The molecule has 0 fully saturated rings. The van der Waals surface area contributed by atoms with E-state index in [4.69, 9.17) is 4.74 Å². The Bertz CT molecular complexity index is 875. The summed E-state index contributed by atoms with van der Waals surface area (Å²) in [5.74, 6) is 0.548. The van der Waals surface area contributed by atoms with E-state index in [1.165, 1.54) is 0 Å². The van der Waals surface area contributed by atoms with Crippen LogP contribution in [0.5, 0.6) is 5.75 Å². The summed E-state index contributed by atoms with van der Waals surface area (Å²) in [4.78, 5) is 27.0. The fourth-order valence-electron chi connectivity index (χ4n) is 2.73. The molecule has 5 nitrogen and oxygen atoms in total. The van der Waals surface area contributed by atoms with Crippen LogP contribution >= 0.6 is 11.8 Å². The molecule has 1 N–H and O–H groups in total. The van der Waals surface area contributed by atoms with Gasteiger partial charge < -0.3 is 15.0 Å². The molecule has 3 rings (SSSR count). The lowest BCUT2D eigenvalue weighted by atomic mass is 10.2. The van der Waals surface area contributed by atoms with Crippen molar-refractivity contribution in [1.82, 2.24) is 0 Å². The second-order valence-electron chi connectivity index (χ2n) is 5.80. The summed E-state index contributed by atoms with van der Waals surface area (Å²) in [5.41, 5.74) is 2.27. The lowest BCUT2D eigenvalue weighted by Gasteiger charge is -2.18. The Kier molecular flexibility index (Phi) is 5.32. The Morgan fingerprint density at radius 2 is 1.92 bits per heavy atom. The lowest BCUT2D eigenvalue weighted by Crippen LogP contribution is -2.18. The smallest absolute Gasteiger partial charge is 0.255 e. The van der Waals surface area contributed by atoms with Gasteiger partial charge >= 0.3 is 0 Å². The highest BCUT2D eigenvalue weighted by atomic mass is 32.2. The first-order valence-corrected chi connectivity index (χ1v) is 9.10. The van der Waals surface area contributed by atoms with E-state index in [1.807, 2.05) is 25.1 Å². The molecule has 0 aliphatic carbocycles. The zero-order valence-electron chi connectivity index (χ0n) is 14.9. The molecule has 1 amide bonds. The molecule has 1 aliphatic rings. The van der Waals surface area contributed by atoms with Crippen molar-refractivity contribution in [2.75, 3.05) is 23.9 Å². The minimum absolute atomic E-state index is 0.0202. The SMILES string of the molecule is CCN1/C(=C/C(C)=O)Sc2ccc(NC(=O)c3ccc(OC)cc3)cc21. The molecule has 134 valence electrons. The number of methoxy groups -OCH3 is 1. The number of nitrogens with zero attached hydrogens (tertiary/aromatic N) is 1. The quantitative estimate of drug-likeness (QED) is 0.797. The molecule has 26 heavy (non-hydrogen) atoms. The van der Waals surface area contributed by atoms with Crippen LogP contribution in [0.2, 0.25) is 0 Å². The minimum Gasteiger partial charge on any atom is -0.497 e. The van der Waals surface area contributed by atoms with Crippen molar-refractivity contribution in [3.05, 3.63) is 59.1 Å². The summed E-state index contributed by atoms with van der Waals surface area (Å²) in [6, 6.07) is 12.7. The molecule has 0 atom stereocenters. The summed E-state index contributed by atoms with van der Waals surface area (Å²) >= 11 is 1.56. The van der Waals surface area contributed by atoms with Crippen molar-refractivity contribution in [2.45, 2.75) is 18.7 Å². The number of nitrogens with one attached hydrogen (secondary N) is 1. The molecule has 6 heteroatoms. The first kappa shape index (κ1) is 18.1. The van der Waals surface area contributed by atoms with E-state index in [9.17, 15) is 9.59 Å². The molecular weight excluding hydrogens is 348 g/mol. The third-order valence-corrected chi connectivity index (χ3v) is 5.10. The topological polar surface area (TPSA) is 58.6 Å². The molecule has 0 saturated heterocycles. The number of carbonyl (C=O) groups excluding carboxylic acids is 2. The van der Waals surface area contributed by atoms with E-state index < -0.39 is 0 Å². The molecule has 0 spiro atoms. The molecule has 0 saturated carbocycles. The Morgan fingerprint density at radius 1 is 1.19 bits per heavy atom. The van der Waals surface area contributed by atoms with E-state index >= 15 is 0 Å². The molecule has 0 bridgehead atoms. The average molecular weight is 368 g/mol. The summed E-state index contributed by atoms with van der Waals surface area (Å²) in [6.07, 6.45) is 1.64. The van der Waals surface area contributed by atoms with Crippen molar-refractivity contribution >= 4 is 34.8 Å². The number of ketones is 1. The van der Waals surface area contributed by atoms with Crippen molar-refractivity contribution in [3.63, 3.8) is 0 Å². The number of rotatable bonds is 5. The van der Waals surface area contributed by atoms with Crippen molar-refractivity contribution in [2.24, 2.45) is 0 Å². The monoisotopic (exact) mass is 368 g/mol. The van der Waals surface area contributed by atoms with E-state index in [2.05, 4.69) is 10.2 Å². The Labute approximate surface area is 157 Å². The van der Waals surface area contributed by atoms with Crippen LogP contribution in [0, 0.1) is 0 Å². The average Bonchev–Trinajstić information content (AvgIpc) is 2.97. The predicted molar refractivity (Wildman–Crippen MR) is 105 cm³/mol. The van der Waals surface area contributed by atoms with E-state index in [0.29, 0.717) is 17.0 Å². The van der Waals surface area contributed by atoms with Crippen LogP contribution in [0.4, 0.5) is 11.4 Å². The normalized spacial score (nSPS) is 14.3. The maximum atomic E-state index is 12.4. The number of benzene rings is 2. The number of ether oxygens (including phenoxy) is 1. The van der Waals surface area contributed by atoms with Crippen LogP contribution in [-0.4, -0.2) is 25.3 Å². The van der Waals surface area contributed by atoms with Gasteiger partial charge in [0.25, 0.3) is 5.91 Å². The van der Waals surface area contributed by atoms with Crippen LogP contribution in [0.15, 0.2) is 58.5 Å². The zero-order chi connectivity index (χ0) is 18.7. The molecule has 0 unspecified atom stereocenters. The van der Waals surface area contributed by atoms with Gasteiger partial charge in [0.2, 0.25) is 0 Å². The van der Waals surface area contributed by atoms with Gasteiger partial charge in [0.1, 0.15) is 5.75 Å². The van der Waals surface area contributed by atoms with Crippen molar-refractivity contribution < 1.29 is 14.3 Å². The summed E-state index contributed by atoms with van der Waals surface area (Å²) in [5, 5.41) is 3.83. The number of fused-ring (bicyclic) bond motifs is 1. The minimum atomic E-state index is -0.180. The van der Waals surface area contributed by atoms with Crippen LogP contribution < -0.4 is 15.0 Å². The summed E-state index contributed by atoms with van der Waals surface area (Å²) in [7, 11) is 1.59. The maximum Gasteiger partial charge on any atom is 0.255 e. The summed E-state index contributed by atoms with van der Waals surface area (Å²) < 4.78 is 5.11. The van der Waals surface area contributed by atoms with Gasteiger partial charge in [-0.05, 0) is 56.3 Å². The van der Waals surface area contributed by atoms with Crippen LogP contribution in [0.25, 0.3) is 0 Å². The fraction of sp³-hybridized carbons (Fsp3) is 0.200. The van der Waals surface area contributed by atoms with Gasteiger partial charge in [0.05, 0.1) is 17.8 Å². The van der Waals surface area contributed by atoms with Crippen molar-refractivity contribution in [3.8, 4) is 5.75 Å². The van der Waals surface area contributed by atoms with Gasteiger partial charge in [-0.2, -0.15) is 0 Å².